The number of carbonyl (C=O) groups is 1. The van der Waals surface area contributed by atoms with Gasteiger partial charge in [-0.2, -0.15) is 8.78 Å². The van der Waals surface area contributed by atoms with E-state index in [0.29, 0.717) is 5.56 Å². The van der Waals surface area contributed by atoms with E-state index in [0.717, 1.165) is 0 Å². The highest BCUT2D eigenvalue weighted by Crippen LogP contribution is 2.31. The first kappa shape index (κ1) is 19.0. The summed E-state index contributed by atoms with van der Waals surface area (Å²) in [6.07, 6.45) is 1.36. The minimum atomic E-state index is -3.01. The van der Waals surface area contributed by atoms with E-state index in [9.17, 15) is 23.7 Å². The van der Waals surface area contributed by atoms with Gasteiger partial charge >= 0.3 is 12.6 Å². The maximum atomic E-state index is 12.4. The van der Waals surface area contributed by atoms with Crippen LogP contribution in [0.2, 0.25) is 0 Å². The number of non-ortho nitro benzene ring substituents is 1. The molecule has 0 aliphatic carbocycles. The quantitative estimate of drug-likeness (QED) is 0.324. The summed E-state index contributed by atoms with van der Waals surface area (Å²) >= 11 is 0. The second-order valence-corrected chi connectivity index (χ2v) is 5.43. The summed E-state index contributed by atoms with van der Waals surface area (Å²) in [5.41, 5.74) is 0.456. The van der Waals surface area contributed by atoms with Crippen molar-refractivity contribution in [2.24, 2.45) is 4.99 Å². The fourth-order valence-corrected chi connectivity index (χ4v) is 2.41. The van der Waals surface area contributed by atoms with Crippen molar-refractivity contribution in [2.45, 2.75) is 6.61 Å². The van der Waals surface area contributed by atoms with Gasteiger partial charge in [0.15, 0.2) is 17.2 Å². The second-order valence-electron chi connectivity index (χ2n) is 5.43. The van der Waals surface area contributed by atoms with Gasteiger partial charge in [0.2, 0.25) is 5.90 Å². The number of rotatable bonds is 6. The first-order valence-corrected chi connectivity index (χ1v) is 7.77. The molecule has 1 heterocycles. The number of methoxy groups -OCH3 is 1. The van der Waals surface area contributed by atoms with Gasteiger partial charge in [-0.05, 0) is 29.8 Å². The molecule has 10 heteroatoms. The Labute approximate surface area is 156 Å². The third-order valence-electron chi connectivity index (χ3n) is 3.63. The molecule has 1 aliphatic rings. The standard InChI is InChI=1S/C18H12F2N2O6/c1-26-15-8-10(5-6-14(15)27-18(19)20)7-13-17(23)28-16(21-13)11-3-2-4-12(9-11)22(24)25/h2-9,18H,1H3/b13-7-. The molecule has 0 unspecified atom stereocenters. The van der Waals surface area contributed by atoms with E-state index < -0.39 is 17.5 Å². The SMILES string of the molecule is COc1cc(/C=C2\N=C(c3cccc([N+](=O)[O-])c3)OC2=O)ccc1OC(F)F. The molecule has 8 nitrogen and oxygen atoms in total. The monoisotopic (exact) mass is 390 g/mol. The lowest BCUT2D eigenvalue weighted by Crippen LogP contribution is -2.05. The average Bonchev–Trinajstić information content (AvgIpc) is 3.03. The number of alkyl halides is 2. The van der Waals surface area contributed by atoms with Gasteiger partial charge in [0.1, 0.15) is 0 Å². The van der Waals surface area contributed by atoms with E-state index >= 15 is 0 Å². The van der Waals surface area contributed by atoms with Crippen molar-refractivity contribution < 1.29 is 32.7 Å². The number of carbonyl (C=O) groups excluding carboxylic acids is 1. The molecule has 2 aromatic rings. The Balaban J connectivity index is 1.91. The summed E-state index contributed by atoms with van der Waals surface area (Å²) < 4.78 is 39.2. The molecule has 0 spiro atoms. The van der Waals surface area contributed by atoms with E-state index in [1.807, 2.05) is 0 Å². The summed E-state index contributed by atoms with van der Waals surface area (Å²) in [4.78, 5) is 26.4. The molecule has 28 heavy (non-hydrogen) atoms. The van der Waals surface area contributed by atoms with Crippen molar-refractivity contribution in [3.05, 3.63) is 69.4 Å². The van der Waals surface area contributed by atoms with E-state index in [2.05, 4.69) is 9.73 Å². The van der Waals surface area contributed by atoms with Crippen molar-refractivity contribution in [1.82, 2.24) is 0 Å². The van der Waals surface area contributed by atoms with Crippen LogP contribution in [0.5, 0.6) is 11.5 Å². The fourth-order valence-electron chi connectivity index (χ4n) is 2.41. The molecule has 0 saturated heterocycles. The molecule has 0 N–H and O–H groups in total. The largest absolute Gasteiger partial charge is 0.493 e. The first-order valence-electron chi connectivity index (χ1n) is 7.77. The van der Waals surface area contributed by atoms with Gasteiger partial charge < -0.3 is 14.2 Å². The number of esters is 1. The van der Waals surface area contributed by atoms with Crippen molar-refractivity contribution in [2.75, 3.05) is 7.11 Å². The zero-order chi connectivity index (χ0) is 20.3. The van der Waals surface area contributed by atoms with Crippen LogP contribution in [0.4, 0.5) is 14.5 Å². The highest BCUT2D eigenvalue weighted by atomic mass is 19.3. The van der Waals surface area contributed by atoms with Crippen molar-refractivity contribution in [3.63, 3.8) is 0 Å². The van der Waals surface area contributed by atoms with Crippen molar-refractivity contribution >= 4 is 23.6 Å². The second kappa shape index (κ2) is 7.82. The Hall–Kier alpha value is -3.82. The average molecular weight is 390 g/mol. The van der Waals surface area contributed by atoms with Crippen LogP contribution in [0.25, 0.3) is 6.08 Å². The Morgan fingerprint density at radius 1 is 1.21 bits per heavy atom. The zero-order valence-electron chi connectivity index (χ0n) is 14.3. The highest BCUT2D eigenvalue weighted by Gasteiger charge is 2.25. The van der Waals surface area contributed by atoms with Crippen LogP contribution in [-0.2, 0) is 9.53 Å². The highest BCUT2D eigenvalue weighted by molar-refractivity contribution is 6.13. The molecule has 0 saturated carbocycles. The number of ether oxygens (including phenoxy) is 3. The van der Waals surface area contributed by atoms with Crippen LogP contribution in [0.1, 0.15) is 11.1 Å². The number of benzene rings is 2. The Kier molecular flexibility index (Phi) is 5.30. The van der Waals surface area contributed by atoms with E-state index in [1.54, 1.807) is 0 Å². The lowest BCUT2D eigenvalue weighted by molar-refractivity contribution is -0.384. The number of cyclic esters (lactones) is 1. The Morgan fingerprint density at radius 3 is 2.68 bits per heavy atom. The first-order chi connectivity index (χ1) is 13.4. The minimum Gasteiger partial charge on any atom is -0.493 e. The van der Waals surface area contributed by atoms with Gasteiger partial charge in [-0.1, -0.05) is 12.1 Å². The Bertz CT molecular complexity index is 1000. The summed E-state index contributed by atoms with van der Waals surface area (Å²) in [5, 5.41) is 10.9. The zero-order valence-corrected chi connectivity index (χ0v) is 14.3. The molecular weight excluding hydrogens is 378 g/mol. The maximum Gasteiger partial charge on any atom is 0.387 e. The molecule has 3 rings (SSSR count). The third kappa shape index (κ3) is 4.11. The summed E-state index contributed by atoms with van der Waals surface area (Å²) in [7, 11) is 1.28. The van der Waals surface area contributed by atoms with Crippen LogP contribution in [0, 0.1) is 10.1 Å². The number of nitro groups is 1. The number of hydrogen-bond donors (Lipinski definition) is 0. The molecule has 0 atom stereocenters. The lowest BCUT2D eigenvalue weighted by Gasteiger charge is -2.10. The number of nitro benzene ring substituents is 1. The summed E-state index contributed by atoms with van der Waals surface area (Å²) in [5.74, 6) is -0.948. The normalized spacial score (nSPS) is 14.8. The number of halogens is 2. The summed E-state index contributed by atoms with van der Waals surface area (Å²) in [6, 6.07) is 9.57. The molecule has 0 amide bonds. The smallest absolute Gasteiger partial charge is 0.387 e. The Morgan fingerprint density at radius 2 is 2.00 bits per heavy atom. The van der Waals surface area contributed by atoms with E-state index in [4.69, 9.17) is 9.47 Å². The predicted octanol–water partition coefficient (Wildman–Crippen LogP) is 3.55. The van der Waals surface area contributed by atoms with Crippen molar-refractivity contribution in [1.29, 1.82) is 0 Å². The molecule has 1 aliphatic heterocycles. The van der Waals surface area contributed by atoms with Gasteiger partial charge in [0.25, 0.3) is 5.69 Å². The van der Waals surface area contributed by atoms with Crippen LogP contribution in [-0.4, -0.2) is 30.5 Å². The molecule has 0 aromatic heterocycles. The van der Waals surface area contributed by atoms with Gasteiger partial charge in [0, 0.05) is 17.7 Å². The molecule has 0 fully saturated rings. The molecule has 2 aromatic carbocycles. The van der Waals surface area contributed by atoms with Crippen LogP contribution < -0.4 is 9.47 Å². The minimum absolute atomic E-state index is 0.0453. The topological polar surface area (TPSA) is 100 Å². The van der Waals surface area contributed by atoms with E-state index in [-0.39, 0.29) is 34.3 Å². The van der Waals surface area contributed by atoms with Crippen molar-refractivity contribution in [3.8, 4) is 11.5 Å². The molecule has 0 radical (unpaired) electrons. The van der Waals surface area contributed by atoms with Gasteiger partial charge in [-0.25, -0.2) is 9.79 Å². The molecule has 144 valence electrons. The lowest BCUT2D eigenvalue weighted by atomic mass is 10.1. The summed E-state index contributed by atoms with van der Waals surface area (Å²) in [6.45, 7) is -3.01. The van der Waals surface area contributed by atoms with Gasteiger partial charge in [-0.3, -0.25) is 10.1 Å². The predicted molar refractivity (Wildman–Crippen MR) is 93.3 cm³/mol. The fraction of sp³-hybridized carbons (Fsp3) is 0.111. The van der Waals surface area contributed by atoms with Crippen LogP contribution in [0.3, 0.4) is 0 Å². The number of aliphatic imine (C=N–C) groups is 1. The molecular formula is C18H12F2N2O6. The van der Waals surface area contributed by atoms with Gasteiger partial charge in [0.05, 0.1) is 12.0 Å². The van der Waals surface area contributed by atoms with E-state index in [1.165, 1.54) is 55.7 Å². The maximum absolute atomic E-state index is 12.4. The molecule has 0 bridgehead atoms. The number of hydrogen-bond acceptors (Lipinski definition) is 7. The number of nitrogens with zero attached hydrogens (tertiary/aromatic N) is 2. The van der Waals surface area contributed by atoms with Gasteiger partial charge in [-0.15, -0.1) is 0 Å². The third-order valence-corrected chi connectivity index (χ3v) is 3.63. The van der Waals surface area contributed by atoms with Crippen LogP contribution >= 0.6 is 0 Å². The van der Waals surface area contributed by atoms with Crippen LogP contribution in [0.15, 0.2) is 53.2 Å².